The molecule has 6 nitrogen and oxygen atoms in total. The summed E-state index contributed by atoms with van der Waals surface area (Å²) in [6.07, 6.45) is 1.51. The van der Waals surface area contributed by atoms with E-state index in [-0.39, 0.29) is 19.5 Å². The number of sulfone groups is 1. The van der Waals surface area contributed by atoms with Crippen molar-refractivity contribution in [2.45, 2.75) is 18.1 Å². The lowest BCUT2D eigenvalue weighted by atomic mass is 10.1. The fourth-order valence-corrected chi connectivity index (χ4v) is 3.63. The van der Waals surface area contributed by atoms with E-state index in [4.69, 9.17) is 5.11 Å². The highest BCUT2D eigenvalue weighted by Gasteiger charge is 2.37. The molecular weight excluding hydrogens is 306 g/mol. The third-order valence-corrected chi connectivity index (χ3v) is 5.31. The Balaban J connectivity index is 2.16. The molecule has 120 valence electrons. The summed E-state index contributed by atoms with van der Waals surface area (Å²) in [4.78, 5) is 24.8. The van der Waals surface area contributed by atoms with Crippen LogP contribution in [0.3, 0.4) is 0 Å². The van der Waals surface area contributed by atoms with Gasteiger partial charge in [0.25, 0.3) is 0 Å². The Kier molecular flexibility index (Phi) is 4.85. The molecule has 7 heteroatoms. The maximum atomic E-state index is 12.5. The average Bonchev–Trinajstić information content (AvgIpc) is 2.94. The number of amides is 1. The lowest BCUT2D eigenvalue weighted by Gasteiger charge is -2.22. The van der Waals surface area contributed by atoms with Crippen LogP contribution in [-0.4, -0.2) is 54.9 Å². The summed E-state index contributed by atoms with van der Waals surface area (Å²) in [6.45, 7) is 0.367. The van der Waals surface area contributed by atoms with Gasteiger partial charge in [0.15, 0.2) is 9.84 Å². The van der Waals surface area contributed by atoms with Crippen molar-refractivity contribution >= 4 is 21.7 Å². The zero-order valence-electron chi connectivity index (χ0n) is 12.3. The standard InChI is InChI=1S/C15H19NO5S/c1-22(20,21)13(9-11-5-3-2-4-6-11)14(17)16-8-7-12(10-16)15(18)19/h2-6,12-13H,7-10H2,1H3,(H,18,19)/t12-,13+/m0/s1. The third-order valence-electron chi connectivity index (χ3n) is 3.91. The number of nitrogens with zero attached hydrogens (tertiary/aromatic N) is 1. The molecule has 1 aliphatic rings. The van der Waals surface area contributed by atoms with Gasteiger partial charge in [-0.25, -0.2) is 8.42 Å². The number of likely N-dealkylation sites (tertiary alicyclic amines) is 1. The van der Waals surface area contributed by atoms with E-state index < -0.39 is 32.9 Å². The summed E-state index contributed by atoms with van der Waals surface area (Å²) in [5, 5.41) is 7.83. The molecule has 1 amide bonds. The Morgan fingerprint density at radius 2 is 1.95 bits per heavy atom. The highest BCUT2D eigenvalue weighted by molar-refractivity contribution is 7.92. The second kappa shape index (κ2) is 6.48. The lowest BCUT2D eigenvalue weighted by molar-refractivity contribution is -0.141. The smallest absolute Gasteiger partial charge is 0.308 e. The maximum Gasteiger partial charge on any atom is 0.308 e. The molecule has 0 radical (unpaired) electrons. The molecule has 0 unspecified atom stereocenters. The van der Waals surface area contributed by atoms with Crippen LogP contribution in [0.15, 0.2) is 30.3 Å². The van der Waals surface area contributed by atoms with E-state index in [0.717, 1.165) is 11.8 Å². The molecule has 0 aliphatic carbocycles. The number of carboxylic acid groups (broad SMARTS) is 1. The van der Waals surface area contributed by atoms with Gasteiger partial charge in [0, 0.05) is 19.3 Å². The molecule has 1 aliphatic heterocycles. The zero-order valence-corrected chi connectivity index (χ0v) is 13.1. The molecule has 1 fully saturated rings. The molecule has 0 aromatic heterocycles. The number of hydrogen-bond acceptors (Lipinski definition) is 4. The second-order valence-corrected chi connectivity index (χ2v) is 7.84. The summed E-state index contributed by atoms with van der Waals surface area (Å²) in [6, 6.07) is 8.94. The molecule has 0 bridgehead atoms. The minimum absolute atomic E-state index is 0.0783. The van der Waals surface area contributed by atoms with Crippen LogP contribution in [0, 0.1) is 5.92 Å². The number of carbonyl (C=O) groups excluding carboxylic acids is 1. The van der Waals surface area contributed by atoms with Gasteiger partial charge in [0.1, 0.15) is 5.25 Å². The summed E-state index contributed by atoms with van der Waals surface area (Å²) in [5.74, 6) is -2.06. The average molecular weight is 325 g/mol. The third kappa shape index (κ3) is 3.85. The van der Waals surface area contributed by atoms with Crippen LogP contribution in [0.25, 0.3) is 0 Å². The van der Waals surface area contributed by atoms with Gasteiger partial charge >= 0.3 is 5.97 Å². The van der Waals surface area contributed by atoms with Gasteiger partial charge < -0.3 is 10.0 Å². The predicted molar refractivity (Wildman–Crippen MR) is 81.1 cm³/mol. The van der Waals surface area contributed by atoms with Crippen molar-refractivity contribution < 1.29 is 23.1 Å². The number of carboxylic acids is 1. The topological polar surface area (TPSA) is 91.8 Å². The van der Waals surface area contributed by atoms with Gasteiger partial charge in [0.2, 0.25) is 5.91 Å². The summed E-state index contributed by atoms with van der Waals surface area (Å²) >= 11 is 0. The Morgan fingerprint density at radius 1 is 1.32 bits per heavy atom. The van der Waals surface area contributed by atoms with Crippen molar-refractivity contribution in [3.05, 3.63) is 35.9 Å². The van der Waals surface area contributed by atoms with Crippen molar-refractivity contribution in [2.75, 3.05) is 19.3 Å². The molecule has 1 heterocycles. The minimum atomic E-state index is -3.58. The fraction of sp³-hybridized carbons (Fsp3) is 0.467. The van der Waals surface area contributed by atoms with Crippen LogP contribution < -0.4 is 0 Å². The highest BCUT2D eigenvalue weighted by Crippen LogP contribution is 2.20. The number of benzene rings is 1. The van der Waals surface area contributed by atoms with E-state index in [9.17, 15) is 18.0 Å². The van der Waals surface area contributed by atoms with Gasteiger partial charge in [-0.2, -0.15) is 0 Å². The van der Waals surface area contributed by atoms with Crippen LogP contribution in [0.1, 0.15) is 12.0 Å². The Bertz CT molecular complexity index is 656. The van der Waals surface area contributed by atoms with Gasteiger partial charge in [-0.15, -0.1) is 0 Å². The molecule has 2 atom stereocenters. The van der Waals surface area contributed by atoms with Gasteiger partial charge in [-0.05, 0) is 18.4 Å². The molecule has 1 saturated heterocycles. The van der Waals surface area contributed by atoms with E-state index in [1.807, 2.05) is 6.07 Å². The minimum Gasteiger partial charge on any atom is -0.481 e. The normalized spacial score (nSPS) is 19.9. The molecule has 22 heavy (non-hydrogen) atoms. The van der Waals surface area contributed by atoms with Gasteiger partial charge in [-0.1, -0.05) is 30.3 Å². The van der Waals surface area contributed by atoms with E-state index in [1.165, 1.54) is 4.90 Å². The quantitative estimate of drug-likeness (QED) is 0.855. The first-order valence-corrected chi connectivity index (χ1v) is 8.99. The molecule has 1 aromatic rings. The molecule has 0 spiro atoms. The van der Waals surface area contributed by atoms with Crippen molar-refractivity contribution in [3.63, 3.8) is 0 Å². The first-order valence-electron chi connectivity index (χ1n) is 7.03. The van der Waals surface area contributed by atoms with Crippen LogP contribution >= 0.6 is 0 Å². The molecule has 1 N–H and O–H groups in total. The lowest BCUT2D eigenvalue weighted by Crippen LogP contribution is -2.43. The number of rotatable bonds is 5. The second-order valence-electron chi connectivity index (χ2n) is 5.62. The molecular formula is C15H19NO5S. The molecule has 1 aromatic carbocycles. The van der Waals surface area contributed by atoms with E-state index in [2.05, 4.69) is 0 Å². The van der Waals surface area contributed by atoms with Crippen LogP contribution in [-0.2, 0) is 25.8 Å². The van der Waals surface area contributed by atoms with Crippen molar-refractivity contribution in [3.8, 4) is 0 Å². The summed E-state index contributed by atoms with van der Waals surface area (Å²) in [7, 11) is -3.58. The SMILES string of the molecule is CS(=O)(=O)[C@H](Cc1ccccc1)C(=O)N1CC[C@H](C(=O)O)C1. The van der Waals surface area contributed by atoms with Crippen molar-refractivity contribution in [1.29, 1.82) is 0 Å². The number of hydrogen-bond donors (Lipinski definition) is 1. The predicted octanol–water partition coefficient (Wildman–Crippen LogP) is 0.575. The maximum absolute atomic E-state index is 12.5. The zero-order chi connectivity index (χ0) is 16.3. The van der Waals surface area contributed by atoms with E-state index >= 15 is 0 Å². The van der Waals surface area contributed by atoms with Crippen LogP contribution in [0.5, 0.6) is 0 Å². The largest absolute Gasteiger partial charge is 0.481 e. The number of aliphatic carboxylic acids is 1. The van der Waals surface area contributed by atoms with E-state index in [0.29, 0.717) is 6.42 Å². The Morgan fingerprint density at radius 3 is 2.45 bits per heavy atom. The number of carbonyl (C=O) groups is 2. The highest BCUT2D eigenvalue weighted by atomic mass is 32.2. The first kappa shape index (κ1) is 16.5. The van der Waals surface area contributed by atoms with Crippen molar-refractivity contribution in [2.24, 2.45) is 5.92 Å². The van der Waals surface area contributed by atoms with Gasteiger partial charge in [0.05, 0.1) is 5.92 Å². The van der Waals surface area contributed by atoms with E-state index in [1.54, 1.807) is 24.3 Å². The molecule has 2 rings (SSSR count). The Labute approximate surface area is 129 Å². The monoisotopic (exact) mass is 325 g/mol. The molecule has 0 saturated carbocycles. The van der Waals surface area contributed by atoms with Crippen molar-refractivity contribution in [1.82, 2.24) is 4.90 Å². The van der Waals surface area contributed by atoms with Gasteiger partial charge in [-0.3, -0.25) is 9.59 Å². The van der Waals surface area contributed by atoms with Crippen LogP contribution in [0.2, 0.25) is 0 Å². The first-order chi connectivity index (χ1) is 10.3. The Hall–Kier alpha value is -1.89. The van der Waals surface area contributed by atoms with Crippen LogP contribution in [0.4, 0.5) is 0 Å². The summed E-state index contributed by atoms with van der Waals surface area (Å²) < 4.78 is 24.0. The fourth-order valence-electron chi connectivity index (χ4n) is 2.62. The summed E-state index contributed by atoms with van der Waals surface area (Å²) in [5.41, 5.74) is 0.764.